The molecule has 218 valence electrons. The van der Waals surface area contributed by atoms with Gasteiger partial charge in [-0.2, -0.15) is 0 Å². The molecule has 0 rings (SSSR count). The third-order valence-electron chi connectivity index (χ3n) is 6.46. The van der Waals surface area contributed by atoms with Crippen LogP contribution in [-0.4, -0.2) is 34.9 Å². The van der Waals surface area contributed by atoms with E-state index in [0.717, 1.165) is 64.2 Å². The standard InChI is InChI=1S/C34H59NO3/c1-3-5-7-9-11-13-15-16-17-18-19-20-22-24-26-28-30-34(38)35-32(31-36)33(37)29-27-25-23-21-14-12-10-8-6-4-2/h6,8,13-15,17-18,21,27,29,32-33,36-37H,3-5,7,9-12,16,19-20,22-26,28,30-31H2,1-2H3,(H,35,38)/b8-6+,15-13-,18-17-,21-14+,29-27+. The maximum atomic E-state index is 12.2. The second-order valence-corrected chi connectivity index (χ2v) is 10.1. The Morgan fingerprint density at radius 1 is 0.658 bits per heavy atom. The summed E-state index contributed by atoms with van der Waals surface area (Å²) in [5.41, 5.74) is 0. The quantitative estimate of drug-likeness (QED) is 0.0775. The summed E-state index contributed by atoms with van der Waals surface area (Å²) in [6.45, 7) is 4.11. The summed E-state index contributed by atoms with van der Waals surface area (Å²) in [5.74, 6) is -0.0992. The minimum absolute atomic E-state index is 0.0992. The fraction of sp³-hybridized carbons (Fsp3) is 0.676. The van der Waals surface area contributed by atoms with Gasteiger partial charge in [0.1, 0.15) is 0 Å². The van der Waals surface area contributed by atoms with Crippen LogP contribution in [0, 0.1) is 0 Å². The van der Waals surface area contributed by atoms with Gasteiger partial charge >= 0.3 is 0 Å². The zero-order chi connectivity index (χ0) is 27.9. The van der Waals surface area contributed by atoms with Crippen LogP contribution < -0.4 is 5.32 Å². The van der Waals surface area contributed by atoms with Crippen molar-refractivity contribution in [3.05, 3.63) is 60.8 Å². The summed E-state index contributed by atoms with van der Waals surface area (Å²) < 4.78 is 0. The summed E-state index contributed by atoms with van der Waals surface area (Å²) in [6, 6.07) is -0.651. The first kappa shape index (κ1) is 36.1. The summed E-state index contributed by atoms with van der Waals surface area (Å²) in [4.78, 5) is 12.2. The van der Waals surface area contributed by atoms with E-state index in [-0.39, 0.29) is 12.5 Å². The van der Waals surface area contributed by atoms with Gasteiger partial charge in [-0.25, -0.2) is 0 Å². The third-order valence-corrected chi connectivity index (χ3v) is 6.46. The lowest BCUT2D eigenvalue weighted by Crippen LogP contribution is -2.45. The van der Waals surface area contributed by atoms with E-state index >= 15 is 0 Å². The summed E-state index contributed by atoms with van der Waals surface area (Å²) in [7, 11) is 0. The van der Waals surface area contributed by atoms with E-state index in [0.29, 0.717) is 6.42 Å². The Kier molecular flexibility index (Phi) is 28.2. The predicted octanol–water partition coefficient (Wildman–Crippen LogP) is 8.67. The Balaban J connectivity index is 3.77. The number of hydrogen-bond donors (Lipinski definition) is 3. The van der Waals surface area contributed by atoms with Crippen LogP contribution in [0.5, 0.6) is 0 Å². The number of aliphatic hydroxyl groups excluding tert-OH is 2. The van der Waals surface area contributed by atoms with E-state index in [9.17, 15) is 15.0 Å². The van der Waals surface area contributed by atoms with Crippen molar-refractivity contribution in [3.63, 3.8) is 0 Å². The van der Waals surface area contributed by atoms with E-state index in [1.54, 1.807) is 6.08 Å². The van der Waals surface area contributed by atoms with Gasteiger partial charge in [0, 0.05) is 6.42 Å². The number of nitrogens with one attached hydrogen (secondary N) is 1. The van der Waals surface area contributed by atoms with E-state index < -0.39 is 12.1 Å². The molecule has 0 aromatic heterocycles. The molecule has 3 N–H and O–H groups in total. The first-order valence-electron chi connectivity index (χ1n) is 15.5. The van der Waals surface area contributed by atoms with E-state index in [4.69, 9.17) is 0 Å². The summed E-state index contributed by atoms with van der Waals surface area (Å²) in [5, 5.41) is 22.7. The zero-order valence-corrected chi connectivity index (χ0v) is 24.7. The number of rotatable bonds is 26. The molecule has 2 unspecified atom stereocenters. The van der Waals surface area contributed by atoms with Gasteiger partial charge in [0.15, 0.2) is 0 Å². The van der Waals surface area contributed by atoms with Gasteiger partial charge in [-0.15, -0.1) is 0 Å². The number of hydrogen-bond acceptors (Lipinski definition) is 3. The van der Waals surface area contributed by atoms with Crippen LogP contribution in [0.2, 0.25) is 0 Å². The molecule has 0 aliphatic heterocycles. The fourth-order valence-electron chi connectivity index (χ4n) is 4.07. The molecular weight excluding hydrogens is 470 g/mol. The number of carbonyl (C=O) groups is 1. The zero-order valence-electron chi connectivity index (χ0n) is 24.7. The molecule has 4 heteroatoms. The normalized spacial score (nSPS) is 14.1. The lowest BCUT2D eigenvalue weighted by molar-refractivity contribution is -0.123. The average Bonchev–Trinajstić information content (AvgIpc) is 2.92. The highest BCUT2D eigenvalue weighted by molar-refractivity contribution is 5.76. The second-order valence-electron chi connectivity index (χ2n) is 10.1. The molecule has 0 aliphatic rings. The van der Waals surface area contributed by atoms with Crippen molar-refractivity contribution in [3.8, 4) is 0 Å². The molecule has 38 heavy (non-hydrogen) atoms. The lowest BCUT2D eigenvalue weighted by Gasteiger charge is -2.19. The first-order valence-corrected chi connectivity index (χ1v) is 15.5. The van der Waals surface area contributed by atoms with Crippen LogP contribution in [0.4, 0.5) is 0 Å². The Labute approximate surface area is 235 Å². The molecule has 0 aromatic rings. The molecule has 0 fully saturated rings. The van der Waals surface area contributed by atoms with Crippen LogP contribution in [0.3, 0.4) is 0 Å². The average molecular weight is 530 g/mol. The fourth-order valence-corrected chi connectivity index (χ4v) is 4.07. The van der Waals surface area contributed by atoms with Gasteiger partial charge in [-0.3, -0.25) is 4.79 Å². The summed E-state index contributed by atoms with van der Waals surface area (Å²) >= 11 is 0. The molecule has 0 aromatic carbocycles. The minimum atomic E-state index is -0.874. The SMILES string of the molecule is CC/C=C/CC/C=C/CC/C=C/C(O)C(CO)NC(=O)CCCCCCC/C=C\C/C=C\CCCCCC. The number of allylic oxidation sites excluding steroid dienone is 9. The first-order chi connectivity index (χ1) is 18.7. The van der Waals surface area contributed by atoms with Gasteiger partial charge in [-0.05, 0) is 70.6 Å². The van der Waals surface area contributed by atoms with Gasteiger partial charge in [0.2, 0.25) is 5.91 Å². The van der Waals surface area contributed by atoms with Crippen molar-refractivity contribution in [2.24, 2.45) is 0 Å². The minimum Gasteiger partial charge on any atom is -0.394 e. The molecule has 0 heterocycles. The molecule has 1 amide bonds. The molecule has 4 nitrogen and oxygen atoms in total. The van der Waals surface area contributed by atoms with Gasteiger partial charge in [0.05, 0.1) is 18.8 Å². The molecular formula is C34H59NO3. The lowest BCUT2D eigenvalue weighted by atomic mass is 10.1. The number of unbranched alkanes of at least 4 members (excludes halogenated alkanes) is 11. The topological polar surface area (TPSA) is 69.6 Å². The maximum Gasteiger partial charge on any atom is 0.220 e. The van der Waals surface area contributed by atoms with E-state index in [1.807, 2.05) is 6.08 Å². The van der Waals surface area contributed by atoms with Crippen molar-refractivity contribution in [1.29, 1.82) is 0 Å². The number of carbonyl (C=O) groups excluding carboxylic acids is 1. The Bertz CT molecular complexity index is 663. The molecule has 0 aliphatic carbocycles. The Morgan fingerprint density at radius 3 is 1.79 bits per heavy atom. The highest BCUT2D eigenvalue weighted by Gasteiger charge is 2.17. The van der Waals surface area contributed by atoms with Crippen LogP contribution in [0.1, 0.15) is 129 Å². The van der Waals surface area contributed by atoms with Crippen molar-refractivity contribution in [2.45, 2.75) is 142 Å². The largest absolute Gasteiger partial charge is 0.394 e. The monoisotopic (exact) mass is 529 g/mol. The molecule has 2 atom stereocenters. The highest BCUT2D eigenvalue weighted by Crippen LogP contribution is 2.09. The molecule has 0 bridgehead atoms. The van der Waals surface area contributed by atoms with E-state index in [1.165, 1.54) is 44.9 Å². The van der Waals surface area contributed by atoms with Crippen LogP contribution >= 0.6 is 0 Å². The van der Waals surface area contributed by atoms with Crippen molar-refractivity contribution in [1.82, 2.24) is 5.32 Å². The predicted molar refractivity (Wildman–Crippen MR) is 165 cm³/mol. The number of amides is 1. The van der Waals surface area contributed by atoms with Crippen molar-refractivity contribution < 1.29 is 15.0 Å². The summed E-state index contributed by atoms with van der Waals surface area (Å²) in [6.07, 6.45) is 40.1. The molecule has 0 radical (unpaired) electrons. The molecule has 0 saturated heterocycles. The van der Waals surface area contributed by atoms with E-state index in [2.05, 4.69) is 67.8 Å². The van der Waals surface area contributed by atoms with Crippen LogP contribution in [0.15, 0.2) is 60.8 Å². The van der Waals surface area contributed by atoms with Crippen molar-refractivity contribution >= 4 is 5.91 Å². The maximum absolute atomic E-state index is 12.2. The number of aliphatic hydroxyl groups is 2. The third kappa shape index (κ3) is 25.7. The van der Waals surface area contributed by atoms with Gasteiger partial charge in [0.25, 0.3) is 0 Å². The smallest absolute Gasteiger partial charge is 0.220 e. The van der Waals surface area contributed by atoms with Crippen LogP contribution in [0.25, 0.3) is 0 Å². The molecule has 0 saturated carbocycles. The van der Waals surface area contributed by atoms with Crippen molar-refractivity contribution in [2.75, 3.05) is 6.61 Å². The Morgan fingerprint density at radius 2 is 1.18 bits per heavy atom. The molecule has 0 spiro atoms. The van der Waals surface area contributed by atoms with Gasteiger partial charge < -0.3 is 15.5 Å². The second kappa shape index (κ2) is 29.6. The van der Waals surface area contributed by atoms with Gasteiger partial charge in [-0.1, -0.05) is 113 Å². The van der Waals surface area contributed by atoms with Crippen LogP contribution in [-0.2, 0) is 4.79 Å². The highest BCUT2D eigenvalue weighted by atomic mass is 16.3. The Hall–Kier alpha value is -1.91.